The molecule has 0 aliphatic carbocycles. The standard InChI is InChI=1S/C21H27N3O/c1-16-8-7-11-20(17(16)2)22-21(25)24-14-12-23(13-15-24)18(3)19-9-5-4-6-10-19/h4-11,18H,12-15H2,1-3H3,(H,22,25). The van der Waals surface area contributed by atoms with Crippen LogP contribution in [0.15, 0.2) is 48.5 Å². The zero-order valence-electron chi connectivity index (χ0n) is 15.3. The van der Waals surface area contributed by atoms with Crippen LogP contribution in [0.1, 0.15) is 29.7 Å². The van der Waals surface area contributed by atoms with E-state index >= 15 is 0 Å². The average Bonchev–Trinajstić information content (AvgIpc) is 2.65. The van der Waals surface area contributed by atoms with Crippen LogP contribution in [0.5, 0.6) is 0 Å². The quantitative estimate of drug-likeness (QED) is 0.910. The summed E-state index contributed by atoms with van der Waals surface area (Å²) in [6.45, 7) is 9.66. The first-order chi connectivity index (χ1) is 12.1. The first-order valence-corrected chi connectivity index (χ1v) is 8.97. The molecule has 1 heterocycles. The predicted molar refractivity (Wildman–Crippen MR) is 103 cm³/mol. The van der Waals surface area contributed by atoms with Crippen LogP contribution in [0.3, 0.4) is 0 Å². The summed E-state index contributed by atoms with van der Waals surface area (Å²) in [6.07, 6.45) is 0. The zero-order valence-corrected chi connectivity index (χ0v) is 15.3. The number of amides is 2. The van der Waals surface area contributed by atoms with Crippen molar-refractivity contribution >= 4 is 11.7 Å². The predicted octanol–water partition coefficient (Wildman–Crippen LogP) is 4.21. The molecule has 0 aromatic heterocycles. The number of benzene rings is 2. The Hall–Kier alpha value is -2.33. The minimum Gasteiger partial charge on any atom is -0.322 e. The number of aryl methyl sites for hydroxylation is 1. The molecule has 2 aromatic carbocycles. The van der Waals surface area contributed by atoms with E-state index in [1.165, 1.54) is 11.1 Å². The van der Waals surface area contributed by atoms with Gasteiger partial charge in [-0.2, -0.15) is 0 Å². The van der Waals surface area contributed by atoms with Crippen LogP contribution in [0.4, 0.5) is 10.5 Å². The fourth-order valence-corrected chi connectivity index (χ4v) is 3.34. The highest BCUT2D eigenvalue weighted by atomic mass is 16.2. The summed E-state index contributed by atoms with van der Waals surface area (Å²) >= 11 is 0. The third kappa shape index (κ3) is 4.02. The van der Waals surface area contributed by atoms with Gasteiger partial charge >= 0.3 is 6.03 Å². The molecule has 1 atom stereocenters. The van der Waals surface area contributed by atoms with Gasteiger partial charge in [-0.15, -0.1) is 0 Å². The van der Waals surface area contributed by atoms with Crippen LogP contribution in [0.2, 0.25) is 0 Å². The molecule has 0 spiro atoms. The molecule has 1 aliphatic rings. The number of carbonyl (C=O) groups excluding carboxylic acids is 1. The number of nitrogens with zero attached hydrogens (tertiary/aromatic N) is 2. The fourth-order valence-electron chi connectivity index (χ4n) is 3.34. The van der Waals surface area contributed by atoms with Gasteiger partial charge in [0, 0.05) is 37.9 Å². The molecule has 2 amide bonds. The first-order valence-electron chi connectivity index (χ1n) is 8.97. The summed E-state index contributed by atoms with van der Waals surface area (Å²) < 4.78 is 0. The molecule has 1 saturated heterocycles. The Balaban J connectivity index is 1.57. The number of hydrogen-bond acceptors (Lipinski definition) is 2. The molecular weight excluding hydrogens is 310 g/mol. The van der Waals surface area contributed by atoms with E-state index in [9.17, 15) is 4.79 Å². The van der Waals surface area contributed by atoms with E-state index in [-0.39, 0.29) is 6.03 Å². The monoisotopic (exact) mass is 337 g/mol. The highest BCUT2D eigenvalue weighted by molar-refractivity contribution is 5.90. The van der Waals surface area contributed by atoms with Gasteiger partial charge < -0.3 is 10.2 Å². The van der Waals surface area contributed by atoms with Crippen LogP contribution in [0.25, 0.3) is 0 Å². The SMILES string of the molecule is Cc1cccc(NC(=O)N2CCN(C(C)c3ccccc3)CC2)c1C. The maximum absolute atomic E-state index is 12.6. The number of rotatable bonds is 3. The average molecular weight is 337 g/mol. The first kappa shape index (κ1) is 17.5. The van der Waals surface area contributed by atoms with Crippen LogP contribution in [-0.4, -0.2) is 42.0 Å². The summed E-state index contributed by atoms with van der Waals surface area (Å²) in [7, 11) is 0. The molecule has 3 rings (SSSR count). The second-order valence-corrected chi connectivity index (χ2v) is 6.79. The van der Waals surface area contributed by atoms with Crippen molar-refractivity contribution in [3.63, 3.8) is 0 Å². The number of anilines is 1. The number of urea groups is 1. The maximum Gasteiger partial charge on any atom is 0.321 e. The van der Waals surface area contributed by atoms with Crippen molar-refractivity contribution < 1.29 is 4.79 Å². The largest absolute Gasteiger partial charge is 0.322 e. The Morgan fingerprint density at radius 2 is 1.64 bits per heavy atom. The van der Waals surface area contributed by atoms with E-state index in [0.29, 0.717) is 6.04 Å². The molecule has 25 heavy (non-hydrogen) atoms. The molecule has 4 heteroatoms. The minimum absolute atomic E-state index is 0.000661. The molecule has 1 fully saturated rings. The van der Waals surface area contributed by atoms with Crippen molar-refractivity contribution in [1.29, 1.82) is 0 Å². The number of hydrogen-bond donors (Lipinski definition) is 1. The number of piperazine rings is 1. The van der Waals surface area contributed by atoms with Crippen molar-refractivity contribution in [2.75, 3.05) is 31.5 Å². The highest BCUT2D eigenvalue weighted by Crippen LogP contribution is 2.22. The maximum atomic E-state index is 12.6. The van der Waals surface area contributed by atoms with Gasteiger partial charge in [0.2, 0.25) is 0 Å². The van der Waals surface area contributed by atoms with E-state index in [1.54, 1.807) is 0 Å². The molecule has 1 unspecified atom stereocenters. The summed E-state index contributed by atoms with van der Waals surface area (Å²) in [5.41, 5.74) is 4.56. The summed E-state index contributed by atoms with van der Waals surface area (Å²) in [6, 6.07) is 16.9. The topological polar surface area (TPSA) is 35.6 Å². The second kappa shape index (κ2) is 7.70. The van der Waals surface area contributed by atoms with Gasteiger partial charge in [-0.25, -0.2) is 4.79 Å². The molecule has 1 aliphatic heterocycles. The summed E-state index contributed by atoms with van der Waals surface area (Å²) in [5.74, 6) is 0. The summed E-state index contributed by atoms with van der Waals surface area (Å²) in [4.78, 5) is 16.9. The normalized spacial score (nSPS) is 16.5. The van der Waals surface area contributed by atoms with Crippen molar-refractivity contribution in [1.82, 2.24) is 9.80 Å². The van der Waals surface area contributed by atoms with Gasteiger partial charge in [0.15, 0.2) is 0 Å². The van der Waals surface area contributed by atoms with E-state index in [0.717, 1.165) is 37.4 Å². The molecular formula is C21H27N3O. The zero-order chi connectivity index (χ0) is 17.8. The van der Waals surface area contributed by atoms with Crippen molar-refractivity contribution in [3.05, 3.63) is 65.2 Å². The Labute approximate surface area is 150 Å². The molecule has 2 aromatic rings. The Kier molecular flexibility index (Phi) is 5.39. The second-order valence-electron chi connectivity index (χ2n) is 6.79. The lowest BCUT2D eigenvalue weighted by Gasteiger charge is -2.38. The lowest BCUT2D eigenvalue weighted by molar-refractivity contribution is 0.119. The van der Waals surface area contributed by atoms with Crippen LogP contribution in [0, 0.1) is 13.8 Å². The van der Waals surface area contributed by atoms with Gasteiger partial charge in [0.05, 0.1) is 0 Å². The molecule has 0 saturated carbocycles. The van der Waals surface area contributed by atoms with Gasteiger partial charge in [-0.3, -0.25) is 4.90 Å². The van der Waals surface area contributed by atoms with Crippen LogP contribution in [-0.2, 0) is 0 Å². The third-order valence-electron chi connectivity index (χ3n) is 5.28. The van der Waals surface area contributed by atoms with E-state index < -0.39 is 0 Å². The van der Waals surface area contributed by atoms with Crippen LogP contribution < -0.4 is 5.32 Å². The van der Waals surface area contributed by atoms with E-state index in [1.807, 2.05) is 30.0 Å². The van der Waals surface area contributed by atoms with Crippen molar-refractivity contribution in [3.8, 4) is 0 Å². The van der Waals surface area contributed by atoms with Crippen molar-refractivity contribution in [2.45, 2.75) is 26.8 Å². The lowest BCUT2D eigenvalue weighted by atomic mass is 10.1. The fraction of sp³-hybridized carbons (Fsp3) is 0.381. The van der Waals surface area contributed by atoms with Gasteiger partial charge in [-0.1, -0.05) is 42.5 Å². The lowest BCUT2D eigenvalue weighted by Crippen LogP contribution is -2.50. The van der Waals surface area contributed by atoms with E-state index in [4.69, 9.17) is 0 Å². The molecule has 4 nitrogen and oxygen atoms in total. The Morgan fingerprint density at radius 3 is 2.32 bits per heavy atom. The van der Waals surface area contributed by atoms with Gasteiger partial charge in [-0.05, 0) is 43.5 Å². The minimum atomic E-state index is 0.000661. The highest BCUT2D eigenvalue weighted by Gasteiger charge is 2.24. The number of nitrogens with one attached hydrogen (secondary N) is 1. The smallest absolute Gasteiger partial charge is 0.321 e. The third-order valence-corrected chi connectivity index (χ3v) is 5.28. The van der Waals surface area contributed by atoms with Crippen LogP contribution >= 0.6 is 0 Å². The van der Waals surface area contributed by atoms with E-state index in [2.05, 4.69) is 54.4 Å². The Morgan fingerprint density at radius 1 is 0.960 bits per heavy atom. The summed E-state index contributed by atoms with van der Waals surface area (Å²) in [5, 5.41) is 3.06. The number of carbonyl (C=O) groups is 1. The molecule has 0 bridgehead atoms. The molecule has 132 valence electrons. The van der Waals surface area contributed by atoms with Gasteiger partial charge in [0.1, 0.15) is 0 Å². The van der Waals surface area contributed by atoms with Crippen molar-refractivity contribution in [2.24, 2.45) is 0 Å². The Bertz CT molecular complexity index is 721. The molecule has 1 N–H and O–H groups in total. The molecule has 0 radical (unpaired) electrons. The van der Waals surface area contributed by atoms with Gasteiger partial charge in [0.25, 0.3) is 0 Å².